The van der Waals surface area contributed by atoms with Crippen molar-refractivity contribution in [2.45, 2.75) is 3.43 Å². The van der Waals surface area contributed by atoms with Crippen LogP contribution in [0, 0.1) is 17.5 Å². The molecule has 0 aliphatic heterocycles. The third kappa shape index (κ3) is 3.15. The van der Waals surface area contributed by atoms with Gasteiger partial charge in [-0.2, -0.15) is 0 Å². The first-order valence-corrected chi connectivity index (χ1v) is 8.46. The Morgan fingerprint density at radius 2 is 0.870 bits per heavy atom. The zero-order chi connectivity index (χ0) is 16.4. The van der Waals surface area contributed by atoms with Gasteiger partial charge in [0.15, 0.2) is 0 Å². The molecular formula is C19H12F3Sn. The molecule has 113 valence electrons. The van der Waals surface area contributed by atoms with Gasteiger partial charge in [-0.05, 0) is 0 Å². The number of halogens is 3. The summed E-state index contributed by atoms with van der Waals surface area (Å²) >= 11 is 0.987. The topological polar surface area (TPSA) is 0 Å². The second kappa shape index (κ2) is 6.40. The van der Waals surface area contributed by atoms with Crippen molar-refractivity contribution in [2.75, 3.05) is 0 Å². The van der Waals surface area contributed by atoms with Crippen molar-refractivity contribution < 1.29 is 13.2 Å². The normalized spacial score (nSPS) is 11.5. The second-order valence-corrected chi connectivity index (χ2v) is 7.42. The molecule has 3 rings (SSSR count). The van der Waals surface area contributed by atoms with E-state index in [4.69, 9.17) is 0 Å². The molecule has 0 aliphatic carbocycles. The summed E-state index contributed by atoms with van der Waals surface area (Å²) in [7, 11) is 0. The first kappa shape index (κ1) is 16.1. The van der Waals surface area contributed by atoms with Crippen LogP contribution in [0.1, 0.15) is 16.7 Å². The molecule has 0 nitrogen and oxygen atoms in total. The summed E-state index contributed by atoms with van der Waals surface area (Å²) in [6.45, 7) is 0. The van der Waals surface area contributed by atoms with Crippen molar-refractivity contribution in [3.8, 4) is 0 Å². The molecule has 0 aromatic heterocycles. The van der Waals surface area contributed by atoms with Gasteiger partial charge in [0.1, 0.15) is 0 Å². The van der Waals surface area contributed by atoms with Crippen molar-refractivity contribution >= 4 is 22.5 Å². The van der Waals surface area contributed by atoms with Crippen LogP contribution in [0.25, 0.3) is 0 Å². The van der Waals surface area contributed by atoms with E-state index in [0.29, 0.717) is 16.7 Å². The van der Waals surface area contributed by atoms with E-state index < -0.39 is 3.43 Å². The average Bonchev–Trinajstić information content (AvgIpc) is 2.54. The predicted molar refractivity (Wildman–Crippen MR) is 84.8 cm³/mol. The van der Waals surface area contributed by atoms with Crippen LogP contribution in [0.5, 0.6) is 0 Å². The van der Waals surface area contributed by atoms with Gasteiger partial charge in [0, 0.05) is 0 Å². The van der Waals surface area contributed by atoms with Crippen LogP contribution in [0.3, 0.4) is 0 Å². The molecule has 0 spiro atoms. The summed E-state index contributed by atoms with van der Waals surface area (Å²) < 4.78 is 40.5. The number of hydrogen-bond donors (Lipinski definition) is 0. The Morgan fingerprint density at radius 1 is 0.565 bits per heavy atom. The molecule has 0 saturated carbocycles. The summed E-state index contributed by atoms with van der Waals surface area (Å²) in [6.07, 6.45) is 0. The fourth-order valence-corrected chi connectivity index (χ4v) is 4.00. The Balaban J connectivity index is 2.29. The summed E-state index contributed by atoms with van der Waals surface area (Å²) in [5.41, 5.74) is 2.02. The first-order valence-electron chi connectivity index (χ1n) is 7.03. The monoisotopic (exact) mass is 417 g/mol. The van der Waals surface area contributed by atoms with Crippen LogP contribution in [0.4, 0.5) is 13.2 Å². The Bertz CT molecular complexity index is 734. The van der Waals surface area contributed by atoms with Gasteiger partial charge in [0.25, 0.3) is 0 Å². The molecule has 4 heteroatoms. The number of rotatable bonds is 3. The van der Waals surface area contributed by atoms with Crippen LogP contribution < -0.4 is 0 Å². The summed E-state index contributed by atoms with van der Waals surface area (Å²) in [5, 5.41) is 0. The van der Waals surface area contributed by atoms with Gasteiger partial charge >= 0.3 is 146 Å². The van der Waals surface area contributed by atoms with E-state index in [1.54, 1.807) is 36.4 Å². The Hall–Kier alpha value is -1.75. The molecule has 3 aromatic rings. The van der Waals surface area contributed by atoms with E-state index in [0.717, 1.165) is 22.5 Å². The SMILES string of the molecule is Fc1cccc([C]([Sn])(c2cccc(F)c2)c2cccc(F)c2)c1. The number of benzene rings is 3. The molecule has 3 radical (unpaired) electrons. The molecule has 0 saturated heterocycles. The van der Waals surface area contributed by atoms with E-state index in [-0.39, 0.29) is 17.5 Å². The second-order valence-electron chi connectivity index (χ2n) is 5.28. The van der Waals surface area contributed by atoms with Gasteiger partial charge in [-0.1, -0.05) is 0 Å². The van der Waals surface area contributed by atoms with Crippen molar-refractivity contribution in [1.82, 2.24) is 0 Å². The van der Waals surface area contributed by atoms with Crippen molar-refractivity contribution in [2.24, 2.45) is 0 Å². The van der Waals surface area contributed by atoms with Crippen molar-refractivity contribution in [3.63, 3.8) is 0 Å². The zero-order valence-corrected chi connectivity index (χ0v) is 14.9. The third-order valence-corrected chi connectivity index (χ3v) is 6.24. The molecule has 0 N–H and O–H groups in total. The summed E-state index contributed by atoms with van der Waals surface area (Å²) in [5.74, 6) is -1.12. The Morgan fingerprint density at radius 3 is 1.13 bits per heavy atom. The predicted octanol–water partition coefficient (Wildman–Crippen LogP) is 4.56. The van der Waals surface area contributed by atoms with Crippen LogP contribution in [0.2, 0.25) is 0 Å². The summed E-state index contributed by atoms with van der Waals surface area (Å²) in [6, 6.07) is 18.5. The zero-order valence-electron chi connectivity index (χ0n) is 12.1. The maximum atomic E-state index is 13.7. The molecule has 0 amide bonds. The van der Waals surface area contributed by atoms with Gasteiger partial charge in [-0.15, -0.1) is 0 Å². The van der Waals surface area contributed by atoms with E-state index in [1.807, 2.05) is 0 Å². The quantitative estimate of drug-likeness (QED) is 0.434. The molecular weight excluding hydrogens is 404 g/mol. The van der Waals surface area contributed by atoms with E-state index in [9.17, 15) is 13.2 Å². The van der Waals surface area contributed by atoms with Gasteiger partial charge in [-0.3, -0.25) is 0 Å². The maximum absolute atomic E-state index is 13.7. The standard InChI is InChI=1S/C19H12F3.Sn/c20-16-7-1-4-13(10-16)19(14-5-2-8-17(21)11-14)15-6-3-9-18(22)12-15;/h1-12H;. The molecule has 0 heterocycles. The van der Waals surface area contributed by atoms with Gasteiger partial charge < -0.3 is 0 Å². The molecule has 0 unspecified atom stereocenters. The average molecular weight is 416 g/mol. The molecule has 0 fully saturated rings. The van der Waals surface area contributed by atoms with Crippen LogP contribution in [-0.4, -0.2) is 22.5 Å². The minimum absolute atomic E-state index is 0.373. The Labute approximate surface area is 146 Å². The van der Waals surface area contributed by atoms with E-state index in [2.05, 4.69) is 0 Å². The van der Waals surface area contributed by atoms with Crippen LogP contribution in [0.15, 0.2) is 72.8 Å². The van der Waals surface area contributed by atoms with Crippen molar-refractivity contribution in [3.05, 3.63) is 107 Å². The third-order valence-electron chi connectivity index (χ3n) is 3.77. The molecule has 0 aliphatic rings. The van der Waals surface area contributed by atoms with Gasteiger partial charge in [0.2, 0.25) is 0 Å². The minimum atomic E-state index is -0.779. The number of hydrogen-bond acceptors (Lipinski definition) is 0. The summed E-state index contributed by atoms with van der Waals surface area (Å²) in [4.78, 5) is 0. The van der Waals surface area contributed by atoms with Gasteiger partial charge in [0.05, 0.1) is 0 Å². The van der Waals surface area contributed by atoms with Gasteiger partial charge in [-0.25, -0.2) is 0 Å². The molecule has 3 aromatic carbocycles. The van der Waals surface area contributed by atoms with Crippen LogP contribution in [-0.2, 0) is 3.43 Å². The fourth-order valence-electron chi connectivity index (χ4n) is 2.67. The van der Waals surface area contributed by atoms with Crippen molar-refractivity contribution in [1.29, 1.82) is 0 Å². The van der Waals surface area contributed by atoms with Crippen LogP contribution >= 0.6 is 0 Å². The molecule has 23 heavy (non-hydrogen) atoms. The Kier molecular flexibility index (Phi) is 4.48. The first-order chi connectivity index (χ1) is 11.0. The molecule has 0 atom stereocenters. The van der Waals surface area contributed by atoms with E-state index >= 15 is 0 Å². The fraction of sp³-hybridized carbons (Fsp3) is 0.0526. The van der Waals surface area contributed by atoms with E-state index in [1.165, 1.54) is 36.4 Å². The molecule has 0 bridgehead atoms.